The van der Waals surface area contributed by atoms with Crippen LogP contribution in [0.15, 0.2) is 24.3 Å². The summed E-state index contributed by atoms with van der Waals surface area (Å²) in [4.78, 5) is 34.9. The third-order valence-electron chi connectivity index (χ3n) is 4.56. The van der Waals surface area contributed by atoms with Crippen molar-refractivity contribution < 1.29 is 47.5 Å². The van der Waals surface area contributed by atoms with Crippen molar-refractivity contribution in [3.05, 3.63) is 29.8 Å². The summed E-state index contributed by atoms with van der Waals surface area (Å²) in [5.74, 6) is -1.25. The number of benzene rings is 1. The lowest BCUT2D eigenvalue weighted by Crippen LogP contribution is -2.64. The molecule has 0 aliphatic carbocycles. The highest BCUT2D eigenvalue weighted by Gasteiger charge is 2.54. The maximum absolute atomic E-state index is 11.8. The summed E-state index contributed by atoms with van der Waals surface area (Å²) in [5, 5.41) is 0. The summed E-state index contributed by atoms with van der Waals surface area (Å²) >= 11 is 0. The van der Waals surface area contributed by atoms with E-state index in [-0.39, 0.29) is 6.61 Å². The van der Waals surface area contributed by atoms with E-state index in [4.69, 9.17) is 33.2 Å². The fourth-order valence-electron chi connectivity index (χ4n) is 3.38. The molecule has 0 aromatic heterocycles. The minimum atomic E-state index is -1.28. The molecule has 0 radical (unpaired) electrons. The van der Waals surface area contributed by atoms with Crippen LogP contribution in [0.4, 0.5) is 0 Å². The zero-order valence-electron chi connectivity index (χ0n) is 17.1. The number of fused-ring (bicyclic) bond motifs is 1. The SMILES string of the molecule is COc1ccc(C2OCC3O[C@@H](OC(C)=O)C(OC(C)=O)[C@H](OC(C)=O)[C@H]3O2)cc1. The quantitative estimate of drug-likeness (QED) is 0.505. The summed E-state index contributed by atoms with van der Waals surface area (Å²) in [5.41, 5.74) is 0.710. The predicted molar refractivity (Wildman–Crippen MR) is 98.1 cm³/mol. The van der Waals surface area contributed by atoms with Crippen LogP contribution in [-0.4, -0.2) is 62.3 Å². The number of esters is 3. The Morgan fingerprint density at radius 2 is 1.47 bits per heavy atom. The van der Waals surface area contributed by atoms with Gasteiger partial charge in [0, 0.05) is 26.3 Å². The number of hydrogen-bond acceptors (Lipinski definition) is 10. The molecule has 164 valence electrons. The lowest BCUT2D eigenvalue weighted by atomic mass is 9.97. The minimum Gasteiger partial charge on any atom is -0.497 e. The maximum atomic E-state index is 11.8. The molecule has 0 N–H and O–H groups in total. The third kappa shape index (κ3) is 5.07. The smallest absolute Gasteiger partial charge is 0.305 e. The van der Waals surface area contributed by atoms with Crippen LogP contribution in [0.1, 0.15) is 32.6 Å². The molecule has 2 aliphatic rings. The highest BCUT2D eigenvalue weighted by atomic mass is 16.8. The molecule has 0 spiro atoms. The molecule has 2 heterocycles. The molecule has 3 rings (SSSR count). The van der Waals surface area contributed by atoms with Crippen LogP contribution in [0.5, 0.6) is 5.75 Å². The first-order chi connectivity index (χ1) is 14.3. The van der Waals surface area contributed by atoms with Gasteiger partial charge < -0.3 is 33.2 Å². The van der Waals surface area contributed by atoms with E-state index in [0.717, 1.165) is 0 Å². The fourth-order valence-corrected chi connectivity index (χ4v) is 3.38. The van der Waals surface area contributed by atoms with Crippen molar-refractivity contribution in [1.29, 1.82) is 0 Å². The molecule has 0 saturated carbocycles. The first-order valence-electron chi connectivity index (χ1n) is 9.36. The van der Waals surface area contributed by atoms with Crippen molar-refractivity contribution in [2.75, 3.05) is 13.7 Å². The van der Waals surface area contributed by atoms with Crippen molar-refractivity contribution >= 4 is 17.9 Å². The molecule has 2 aliphatic heterocycles. The van der Waals surface area contributed by atoms with Gasteiger partial charge in [0.05, 0.1) is 13.7 Å². The van der Waals surface area contributed by atoms with Crippen LogP contribution >= 0.6 is 0 Å². The average Bonchev–Trinajstić information content (AvgIpc) is 2.69. The van der Waals surface area contributed by atoms with Crippen molar-refractivity contribution in [2.45, 2.75) is 57.8 Å². The van der Waals surface area contributed by atoms with Crippen LogP contribution in [0.3, 0.4) is 0 Å². The Balaban J connectivity index is 1.87. The fraction of sp³-hybridized carbons (Fsp3) is 0.550. The lowest BCUT2D eigenvalue weighted by molar-refractivity contribution is -0.356. The van der Waals surface area contributed by atoms with Crippen LogP contribution in [-0.2, 0) is 42.8 Å². The standard InChI is InChI=1S/C20H24O10/c1-10(21)26-17-16-15(29-20(28-12(3)23)18(17)27-11(2)22)9-25-19(30-16)13-5-7-14(24-4)8-6-13/h5-8,15-20H,9H2,1-4H3/t15?,16-,17+,18?,19?,20+/m0/s1. The van der Waals surface area contributed by atoms with Crippen LogP contribution in [0.2, 0.25) is 0 Å². The molecule has 2 saturated heterocycles. The lowest BCUT2D eigenvalue weighted by Gasteiger charge is -2.47. The van der Waals surface area contributed by atoms with Crippen molar-refractivity contribution in [3.8, 4) is 5.75 Å². The van der Waals surface area contributed by atoms with Gasteiger partial charge in [-0.25, -0.2) is 0 Å². The molecule has 1 aromatic carbocycles. The van der Waals surface area contributed by atoms with Crippen LogP contribution in [0, 0.1) is 0 Å². The van der Waals surface area contributed by atoms with Gasteiger partial charge in [0.15, 0.2) is 12.4 Å². The highest BCUT2D eigenvalue weighted by Crippen LogP contribution is 2.37. The number of hydrogen-bond donors (Lipinski definition) is 0. The summed E-state index contributed by atoms with van der Waals surface area (Å²) in [6.07, 6.45) is -5.87. The number of ether oxygens (including phenoxy) is 7. The Morgan fingerprint density at radius 3 is 2.03 bits per heavy atom. The first-order valence-corrected chi connectivity index (χ1v) is 9.36. The maximum Gasteiger partial charge on any atom is 0.305 e. The minimum absolute atomic E-state index is 0.0731. The van der Waals surface area contributed by atoms with Gasteiger partial charge in [-0.2, -0.15) is 0 Å². The molecular weight excluding hydrogens is 400 g/mol. The molecule has 2 fully saturated rings. The zero-order valence-corrected chi connectivity index (χ0v) is 17.1. The third-order valence-corrected chi connectivity index (χ3v) is 4.56. The van der Waals surface area contributed by atoms with Crippen LogP contribution < -0.4 is 4.74 Å². The van der Waals surface area contributed by atoms with Gasteiger partial charge in [0.1, 0.15) is 18.0 Å². The number of carbonyl (C=O) groups is 3. The van der Waals surface area contributed by atoms with E-state index in [9.17, 15) is 14.4 Å². The summed E-state index contributed by atoms with van der Waals surface area (Å²) in [6, 6.07) is 7.07. The molecule has 0 bridgehead atoms. The molecule has 0 amide bonds. The van der Waals surface area contributed by atoms with E-state index in [0.29, 0.717) is 11.3 Å². The molecule has 10 nitrogen and oxygen atoms in total. The van der Waals surface area contributed by atoms with Gasteiger partial charge in [0.2, 0.25) is 12.4 Å². The Kier molecular flexibility index (Phi) is 6.91. The molecular formula is C20H24O10. The van der Waals surface area contributed by atoms with Gasteiger partial charge in [-0.15, -0.1) is 0 Å². The van der Waals surface area contributed by atoms with E-state index in [1.165, 1.54) is 20.8 Å². The van der Waals surface area contributed by atoms with Crippen LogP contribution in [0.25, 0.3) is 0 Å². The Hall–Kier alpha value is -2.69. The van der Waals surface area contributed by atoms with Crippen molar-refractivity contribution in [1.82, 2.24) is 0 Å². The number of methoxy groups -OCH3 is 1. The van der Waals surface area contributed by atoms with Crippen molar-refractivity contribution in [2.24, 2.45) is 0 Å². The predicted octanol–water partition coefficient (Wildman–Crippen LogP) is 1.26. The molecule has 6 atom stereocenters. The monoisotopic (exact) mass is 424 g/mol. The Labute approximate surface area is 173 Å². The summed E-state index contributed by atoms with van der Waals surface area (Å²) in [7, 11) is 1.56. The van der Waals surface area contributed by atoms with E-state index < -0.39 is 54.9 Å². The Bertz CT molecular complexity index is 776. The highest BCUT2D eigenvalue weighted by molar-refractivity contribution is 5.68. The average molecular weight is 424 g/mol. The summed E-state index contributed by atoms with van der Waals surface area (Å²) in [6.45, 7) is 3.67. The van der Waals surface area contributed by atoms with E-state index in [2.05, 4.69) is 0 Å². The second kappa shape index (κ2) is 9.41. The van der Waals surface area contributed by atoms with Gasteiger partial charge in [-0.05, 0) is 12.1 Å². The largest absolute Gasteiger partial charge is 0.497 e. The van der Waals surface area contributed by atoms with Gasteiger partial charge >= 0.3 is 17.9 Å². The number of carbonyl (C=O) groups excluding carboxylic acids is 3. The molecule has 3 unspecified atom stereocenters. The van der Waals surface area contributed by atoms with E-state index >= 15 is 0 Å². The molecule has 30 heavy (non-hydrogen) atoms. The topological polar surface area (TPSA) is 116 Å². The zero-order chi connectivity index (χ0) is 21.8. The molecule has 10 heteroatoms. The van der Waals surface area contributed by atoms with Gasteiger partial charge in [-0.3, -0.25) is 14.4 Å². The second-order valence-electron chi connectivity index (χ2n) is 6.84. The summed E-state index contributed by atoms with van der Waals surface area (Å²) < 4.78 is 38.5. The first kappa shape index (κ1) is 22.0. The normalized spacial score (nSPS) is 30.5. The van der Waals surface area contributed by atoms with Gasteiger partial charge in [0.25, 0.3) is 0 Å². The second-order valence-corrected chi connectivity index (χ2v) is 6.84. The molecule has 1 aromatic rings. The van der Waals surface area contributed by atoms with Crippen molar-refractivity contribution in [3.63, 3.8) is 0 Å². The van der Waals surface area contributed by atoms with E-state index in [1.807, 2.05) is 0 Å². The van der Waals surface area contributed by atoms with Gasteiger partial charge in [-0.1, -0.05) is 12.1 Å². The van der Waals surface area contributed by atoms with E-state index in [1.54, 1.807) is 31.4 Å². The Morgan fingerprint density at radius 1 is 0.867 bits per heavy atom. The number of rotatable bonds is 5.